The quantitative estimate of drug-likeness (QED) is 0.733. The average Bonchev–Trinajstić information content (AvgIpc) is 2.31. The van der Waals surface area contributed by atoms with Gasteiger partial charge in [-0.1, -0.05) is 12.8 Å². The summed E-state index contributed by atoms with van der Waals surface area (Å²) in [5, 5.41) is 0. The van der Waals surface area contributed by atoms with Crippen molar-refractivity contribution in [3.8, 4) is 6.01 Å². The molecule has 1 fully saturated rings. The predicted molar refractivity (Wildman–Crippen MR) is 62.7 cm³/mol. The Kier molecular flexibility index (Phi) is 2.50. The van der Waals surface area contributed by atoms with Crippen molar-refractivity contribution in [2.45, 2.75) is 31.7 Å². The summed E-state index contributed by atoms with van der Waals surface area (Å²) in [6.07, 6.45) is 6.75. The minimum absolute atomic E-state index is 0.250. The van der Waals surface area contributed by atoms with E-state index in [1.165, 1.54) is 19.3 Å². The van der Waals surface area contributed by atoms with E-state index in [-0.39, 0.29) is 5.56 Å². The van der Waals surface area contributed by atoms with Crippen LogP contribution >= 0.6 is 15.9 Å². The average molecular weight is 285 g/mol. The van der Waals surface area contributed by atoms with Gasteiger partial charge in [-0.05, 0) is 28.8 Å². The van der Waals surface area contributed by atoms with Gasteiger partial charge in [-0.3, -0.25) is 9.36 Å². The largest absolute Gasteiger partial charge is 0.464 e. The van der Waals surface area contributed by atoms with Gasteiger partial charge in [0.2, 0.25) is 0 Å². The molecule has 16 heavy (non-hydrogen) atoms. The number of rotatable bonds is 0. The van der Waals surface area contributed by atoms with E-state index in [1.54, 1.807) is 0 Å². The van der Waals surface area contributed by atoms with Crippen molar-refractivity contribution in [1.82, 2.24) is 9.55 Å². The summed E-state index contributed by atoms with van der Waals surface area (Å²) in [5.41, 5.74) is -0.250. The van der Waals surface area contributed by atoms with Gasteiger partial charge in [0, 0.05) is 18.2 Å². The first-order valence-corrected chi connectivity index (χ1v) is 6.46. The maximum absolute atomic E-state index is 11.4. The number of nitrogens with zero attached hydrogens (tertiary/aromatic N) is 2. The molecule has 1 aliphatic heterocycles. The predicted octanol–water partition coefficient (Wildman–Crippen LogP) is 2.13. The van der Waals surface area contributed by atoms with E-state index in [4.69, 9.17) is 4.74 Å². The maximum Gasteiger partial charge on any atom is 0.300 e. The van der Waals surface area contributed by atoms with Gasteiger partial charge in [0.15, 0.2) is 0 Å². The third-order valence-electron chi connectivity index (χ3n) is 3.53. The van der Waals surface area contributed by atoms with E-state index in [2.05, 4.69) is 20.9 Å². The van der Waals surface area contributed by atoms with Crippen LogP contribution in [0.5, 0.6) is 6.01 Å². The highest BCUT2D eigenvalue weighted by molar-refractivity contribution is 9.10. The molecule has 1 aliphatic carbocycles. The van der Waals surface area contributed by atoms with Crippen LogP contribution in [0.2, 0.25) is 0 Å². The molecule has 0 spiro atoms. The standard InChI is InChI=1S/C11H13BrN2O2/c12-8-5-14-9-4-2-1-3-7(9)6-16-11(14)13-10(8)15/h5,7,9H,1-4,6H2/t7-,9-/m0/s1. The summed E-state index contributed by atoms with van der Waals surface area (Å²) < 4.78 is 8.11. The van der Waals surface area contributed by atoms with Crippen molar-refractivity contribution in [3.63, 3.8) is 0 Å². The molecule has 0 radical (unpaired) electrons. The van der Waals surface area contributed by atoms with Gasteiger partial charge in [-0.25, -0.2) is 0 Å². The Balaban J connectivity index is 2.07. The molecule has 3 rings (SSSR count). The Hall–Kier alpha value is -0.840. The molecule has 0 aromatic carbocycles. The summed E-state index contributed by atoms with van der Waals surface area (Å²) in [6, 6.07) is 0.943. The molecule has 2 atom stereocenters. The van der Waals surface area contributed by atoms with Crippen LogP contribution in [0.3, 0.4) is 0 Å². The van der Waals surface area contributed by atoms with Crippen molar-refractivity contribution >= 4 is 15.9 Å². The third-order valence-corrected chi connectivity index (χ3v) is 4.07. The molecule has 1 aromatic rings. The molecule has 1 aromatic heterocycles. The van der Waals surface area contributed by atoms with E-state index in [0.29, 0.717) is 29.0 Å². The number of ether oxygens (including phenoxy) is 1. The molecule has 0 bridgehead atoms. The molecule has 2 heterocycles. The van der Waals surface area contributed by atoms with E-state index in [1.807, 2.05) is 10.8 Å². The second-order valence-electron chi connectivity index (χ2n) is 4.51. The molecule has 86 valence electrons. The highest BCUT2D eigenvalue weighted by Gasteiger charge is 2.32. The normalized spacial score (nSPS) is 27.8. The zero-order valence-electron chi connectivity index (χ0n) is 8.86. The van der Waals surface area contributed by atoms with E-state index >= 15 is 0 Å². The second-order valence-corrected chi connectivity index (χ2v) is 5.36. The minimum atomic E-state index is -0.250. The first-order chi connectivity index (χ1) is 7.75. The van der Waals surface area contributed by atoms with Gasteiger partial charge in [-0.2, -0.15) is 4.98 Å². The molecule has 0 unspecified atom stereocenters. The lowest BCUT2D eigenvalue weighted by Gasteiger charge is -2.37. The lowest BCUT2D eigenvalue weighted by atomic mass is 9.84. The number of aromatic nitrogens is 2. The number of fused-ring (bicyclic) bond motifs is 3. The maximum atomic E-state index is 11.4. The minimum Gasteiger partial charge on any atom is -0.464 e. The zero-order chi connectivity index (χ0) is 11.1. The number of hydrogen-bond acceptors (Lipinski definition) is 3. The molecule has 0 saturated heterocycles. The van der Waals surface area contributed by atoms with Gasteiger partial charge in [0.1, 0.15) is 4.47 Å². The summed E-state index contributed by atoms with van der Waals surface area (Å²) in [7, 11) is 0. The SMILES string of the molecule is O=c1nc2n(cc1Br)[C@H]1CCCC[C@H]1CO2. The lowest BCUT2D eigenvalue weighted by molar-refractivity contribution is 0.0897. The summed E-state index contributed by atoms with van der Waals surface area (Å²) in [4.78, 5) is 15.3. The van der Waals surface area contributed by atoms with Crippen molar-refractivity contribution in [2.75, 3.05) is 6.61 Å². The fourth-order valence-corrected chi connectivity index (χ4v) is 3.01. The summed E-state index contributed by atoms with van der Waals surface area (Å²) in [5.74, 6) is 0.581. The van der Waals surface area contributed by atoms with Crippen LogP contribution in [0.25, 0.3) is 0 Å². The van der Waals surface area contributed by atoms with Crippen molar-refractivity contribution in [2.24, 2.45) is 5.92 Å². The highest BCUT2D eigenvalue weighted by atomic mass is 79.9. The Labute approximate surface area is 102 Å². The molecule has 0 amide bonds. The van der Waals surface area contributed by atoms with Crippen LogP contribution < -0.4 is 10.3 Å². The Morgan fingerprint density at radius 3 is 3.12 bits per heavy atom. The fourth-order valence-electron chi connectivity index (χ4n) is 2.71. The Morgan fingerprint density at radius 2 is 2.25 bits per heavy atom. The topological polar surface area (TPSA) is 44.1 Å². The second kappa shape index (κ2) is 3.87. The smallest absolute Gasteiger partial charge is 0.300 e. The van der Waals surface area contributed by atoms with Gasteiger partial charge in [0.25, 0.3) is 11.6 Å². The van der Waals surface area contributed by atoms with E-state index < -0.39 is 0 Å². The van der Waals surface area contributed by atoms with Gasteiger partial charge in [-0.15, -0.1) is 0 Å². The van der Waals surface area contributed by atoms with Crippen LogP contribution in [-0.4, -0.2) is 16.2 Å². The monoisotopic (exact) mass is 284 g/mol. The Bertz CT molecular complexity index is 472. The van der Waals surface area contributed by atoms with Crippen molar-refractivity contribution in [1.29, 1.82) is 0 Å². The van der Waals surface area contributed by atoms with Crippen molar-refractivity contribution in [3.05, 3.63) is 21.0 Å². The van der Waals surface area contributed by atoms with Crippen molar-refractivity contribution < 1.29 is 4.74 Å². The number of hydrogen-bond donors (Lipinski definition) is 0. The molecular weight excluding hydrogens is 272 g/mol. The van der Waals surface area contributed by atoms with Crippen LogP contribution in [0.1, 0.15) is 31.7 Å². The van der Waals surface area contributed by atoms with E-state index in [9.17, 15) is 4.79 Å². The molecule has 0 N–H and O–H groups in total. The summed E-state index contributed by atoms with van der Waals surface area (Å²) in [6.45, 7) is 0.707. The first kappa shape index (κ1) is 10.3. The zero-order valence-corrected chi connectivity index (χ0v) is 10.4. The fraction of sp³-hybridized carbons (Fsp3) is 0.636. The van der Waals surface area contributed by atoms with E-state index in [0.717, 1.165) is 6.42 Å². The molecule has 1 saturated carbocycles. The number of halogens is 1. The first-order valence-electron chi connectivity index (χ1n) is 5.67. The van der Waals surface area contributed by atoms with Crippen LogP contribution in [0, 0.1) is 5.92 Å². The molecular formula is C11H13BrN2O2. The molecule has 5 heteroatoms. The third kappa shape index (κ3) is 1.57. The molecule has 4 nitrogen and oxygen atoms in total. The van der Waals surface area contributed by atoms with Crippen LogP contribution in [0.4, 0.5) is 0 Å². The Morgan fingerprint density at radius 1 is 1.44 bits per heavy atom. The summed E-state index contributed by atoms with van der Waals surface area (Å²) >= 11 is 3.24. The van der Waals surface area contributed by atoms with Gasteiger partial charge >= 0.3 is 0 Å². The van der Waals surface area contributed by atoms with Crippen LogP contribution in [0.15, 0.2) is 15.5 Å². The van der Waals surface area contributed by atoms with Gasteiger partial charge in [0.05, 0.1) is 6.61 Å². The van der Waals surface area contributed by atoms with Crippen LogP contribution in [-0.2, 0) is 0 Å². The van der Waals surface area contributed by atoms with Gasteiger partial charge < -0.3 is 4.74 Å². The molecule has 2 aliphatic rings. The highest BCUT2D eigenvalue weighted by Crippen LogP contribution is 2.38. The lowest BCUT2D eigenvalue weighted by Crippen LogP contribution is -2.35.